The fraction of sp³-hybridized carbons (Fsp3) is 0.359. The SMILES string of the molecule is CC(=O)[O-].CC(=O)[O-].CC(=O)[O-].CCOCC.CO.COc1cccc(/C=N/OCCO/N=C/c2ccc(/C=N/OCCO/N=C/c3cccc(OC)c3[O-])c([O-])c2[O-])c1[O-].O.[Er+3].[Zn+2].[Zn+2]. The average Bonchev–Trinajstić information content (AvgIpc) is 3.21. The van der Waals surface area contributed by atoms with Gasteiger partial charge in [0, 0.05) is 38.2 Å². The Morgan fingerprint density at radius 2 is 0.754 bits per heavy atom. The third-order valence-electron chi connectivity index (χ3n) is 5.64. The molecule has 3 aromatic carbocycles. The summed E-state index contributed by atoms with van der Waals surface area (Å²) in [5.74, 6) is -5.09. The van der Waals surface area contributed by atoms with Gasteiger partial charge in [0.2, 0.25) is 0 Å². The van der Waals surface area contributed by atoms with E-state index in [-0.39, 0.29) is 142 Å². The van der Waals surface area contributed by atoms with Gasteiger partial charge in [0.15, 0.2) is 26.4 Å². The van der Waals surface area contributed by atoms with E-state index in [1.165, 1.54) is 38.8 Å². The van der Waals surface area contributed by atoms with Gasteiger partial charge >= 0.3 is 76.3 Å². The molecule has 0 saturated heterocycles. The Labute approximate surface area is 431 Å². The van der Waals surface area contributed by atoms with Gasteiger partial charge in [0.25, 0.3) is 0 Å². The van der Waals surface area contributed by atoms with Crippen molar-refractivity contribution in [3.05, 3.63) is 70.8 Å². The molecule has 65 heavy (non-hydrogen) atoms. The summed E-state index contributed by atoms with van der Waals surface area (Å²) in [6.45, 7) is 8.59. The molecule has 0 aliphatic heterocycles. The smallest absolute Gasteiger partial charge is 0.872 e. The van der Waals surface area contributed by atoms with Crippen LogP contribution in [0.25, 0.3) is 0 Å². The summed E-state index contributed by atoms with van der Waals surface area (Å²) in [4.78, 5) is 46.7. The third kappa shape index (κ3) is 41.6. The Hall–Kier alpha value is -4.88. The quantitative estimate of drug-likeness (QED) is 0.0570. The minimum absolute atomic E-state index is 0. The number of aliphatic hydroxyl groups is 1. The molecule has 0 amide bonds. The molecule has 0 aromatic heterocycles. The van der Waals surface area contributed by atoms with Gasteiger partial charge in [-0.1, -0.05) is 68.5 Å². The number of methoxy groups -OCH3 is 2. The molecule has 23 nitrogen and oxygen atoms in total. The van der Waals surface area contributed by atoms with Gasteiger partial charge in [-0.25, -0.2) is 0 Å². The Kier molecular flexibility index (Phi) is 57.4. The van der Waals surface area contributed by atoms with E-state index < -0.39 is 29.4 Å². The second-order valence-corrected chi connectivity index (χ2v) is 10.2. The van der Waals surface area contributed by atoms with Crippen LogP contribution in [0.2, 0.25) is 0 Å². The molecule has 0 fully saturated rings. The Morgan fingerprint density at radius 1 is 0.523 bits per heavy atom. The summed E-state index contributed by atoms with van der Waals surface area (Å²) in [6, 6.07) is 12.3. The maximum absolute atomic E-state index is 12.3. The van der Waals surface area contributed by atoms with Crippen LogP contribution in [0, 0.1) is 37.3 Å². The van der Waals surface area contributed by atoms with Gasteiger partial charge in [-0.15, -0.1) is 11.5 Å². The first-order chi connectivity index (χ1) is 29.1. The van der Waals surface area contributed by atoms with Crippen molar-refractivity contribution >= 4 is 42.8 Å². The van der Waals surface area contributed by atoms with E-state index in [0.717, 1.165) is 53.5 Å². The molecule has 3 N–H and O–H groups in total. The molecule has 0 heterocycles. The van der Waals surface area contributed by atoms with Crippen molar-refractivity contribution < 1.29 is 171 Å². The molecule has 0 bridgehead atoms. The van der Waals surface area contributed by atoms with Gasteiger partial charge in [-0.05, 0) is 69.0 Å². The van der Waals surface area contributed by atoms with Crippen molar-refractivity contribution in [3.63, 3.8) is 0 Å². The predicted molar refractivity (Wildman–Crippen MR) is 210 cm³/mol. The Balaban J connectivity index is -0.000000249. The summed E-state index contributed by atoms with van der Waals surface area (Å²) >= 11 is 0. The maximum Gasteiger partial charge on any atom is 3.00 e. The number of carboxylic acid groups (broad SMARTS) is 3. The van der Waals surface area contributed by atoms with Gasteiger partial charge in [-0.2, -0.15) is 0 Å². The van der Waals surface area contributed by atoms with Crippen LogP contribution in [-0.4, -0.2) is 114 Å². The van der Waals surface area contributed by atoms with Crippen LogP contribution in [0.3, 0.4) is 0 Å². The van der Waals surface area contributed by atoms with Crippen molar-refractivity contribution in [3.8, 4) is 34.5 Å². The monoisotopic (exact) mass is 1170 g/mol. The van der Waals surface area contributed by atoms with Gasteiger partial charge < -0.3 is 94.3 Å². The zero-order valence-corrected chi connectivity index (χ0v) is 44.8. The molecule has 357 valence electrons. The number of rotatable bonds is 18. The summed E-state index contributed by atoms with van der Waals surface area (Å²) in [5, 5.41) is 96.9. The minimum Gasteiger partial charge on any atom is -0.872 e. The predicted octanol–water partition coefficient (Wildman–Crippen LogP) is -3.11. The molecule has 1 radical (unpaired) electrons. The van der Waals surface area contributed by atoms with Crippen molar-refractivity contribution in [2.45, 2.75) is 34.6 Å². The topological polar surface area (TPSA) is 378 Å². The number of carbonyl (C=O) groups is 3. The summed E-state index contributed by atoms with van der Waals surface area (Å²) in [7, 11) is 3.79. The van der Waals surface area contributed by atoms with E-state index in [2.05, 4.69) is 20.6 Å². The number of hydrogen-bond donors (Lipinski definition) is 1. The molecular weight excluding hydrogens is 1130 g/mol. The van der Waals surface area contributed by atoms with Crippen LogP contribution in [0.5, 0.6) is 34.5 Å². The molecule has 0 saturated carbocycles. The number of ether oxygens (including phenoxy) is 3. The molecule has 3 aromatic rings. The first kappa shape index (κ1) is 74.5. The first-order valence-electron chi connectivity index (χ1n) is 17.4. The number of carboxylic acids is 3. The van der Waals surface area contributed by atoms with Gasteiger partial charge in [0.05, 0.1) is 39.1 Å². The van der Waals surface area contributed by atoms with Gasteiger partial charge in [-0.3, -0.25) is 0 Å². The largest absolute Gasteiger partial charge is 3.00 e. The normalized spacial score (nSPS) is 9.31. The molecule has 0 spiro atoms. The van der Waals surface area contributed by atoms with Crippen LogP contribution < -0.4 is 45.2 Å². The molecule has 0 unspecified atom stereocenters. The number of oxime groups is 4. The number of para-hydroxylation sites is 2. The molecular formula is C39H51ErN4O19Zn2. The number of nitrogens with zero attached hydrogens (tertiary/aromatic N) is 4. The fourth-order valence-corrected chi connectivity index (χ4v) is 3.33. The second kappa shape index (κ2) is 50.1. The standard InChI is InChI=1S/C28H30N4O10.C4H10O.3C2H4O2.CH4O.Er.H2O.2Zn/c1-37-23-7-3-5-19(25(23)33)15-29-39-11-13-41-31-17-21-9-10-22(28(36)27(21)35)18-32-42-14-12-40-30-16-20-6-4-8-24(38-2)26(20)34;1-3-5-4-2;3*1-2(3)4;1-2;;;;/h3-10,15-18,33-36H,11-14H2,1-2H3;3-4H2,1-2H3;3*1H3,(H,3,4);2H,1H3;;1H2;;/q;;;;;;+3;;2*+2/p-7/b29-15+,30-16+,31-17+,32-18+;;;;;;;;;. The number of benzene rings is 3. The third-order valence-corrected chi connectivity index (χ3v) is 5.64. The number of carbonyl (C=O) groups excluding carboxylic acids is 3. The van der Waals surface area contributed by atoms with Crippen LogP contribution in [-0.2, 0) is 77.4 Å². The van der Waals surface area contributed by atoms with E-state index in [1.807, 2.05) is 13.8 Å². The van der Waals surface area contributed by atoms with Crippen molar-refractivity contribution in [2.24, 2.45) is 20.6 Å². The van der Waals surface area contributed by atoms with Crippen LogP contribution in [0.15, 0.2) is 69.2 Å². The molecule has 26 heteroatoms. The second-order valence-electron chi connectivity index (χ2n) is 10.2. The van der Waals surface area contributed by atoms with Gasteiger partial charge in [0.1, 0.15) is 11.5 Å². The van der Waals surface area contributed by atoms with Crippen molar-refractivity contribution in [2.75, 3.05) is 61.0 Å². The van der Waals surface area contributed by atoms with Crippen LogP contribution in [0.4, 0.5) is 0 Å². The first-order valence-corrected chi connectivity index (χ1v) is 17.4. The van der Waals surface area contributed by atoms with E-state index in [9.17, 15) is 20.4 Å². The fourth-order valence-electron chi connectivity index (χ4n) is 3.33. The number of hydrogen-bond acceptors (Lipinski definition) is 22. The minimum atomic E-state index is -1.08. The number of aliphatic hydroxyl groups excluding tert-OH is 1. The average molecular weight is 1180 g/mol. The van der Waals surface area contributed by atoms with Crippen LogP contribution in [0.1, 0.15) is 56.9 Å². The van der Waals surface area contributed by atoms with Crippen LogP contribution >= 0.6 is 0 Å². The summed E-state index contributed by atoms with van der Waals surface area (Å²) < 4.78 is 14.7. The van der Waals surface area contributed by atoms with E-state index in [4.69, 9.17) is 68.4 Å². The zero-order valence-electron chi connectivity index (χ0n) is 37.1. The molecule has 0 atom stereocenters. The maximum atomic E-state index is 12.3. The number of aliphatic carboxylic acids is 3. The van der Waals surface area contributed by atoms with Crippen molar-refractivity contribution in [1.82, 2.24) is 0 Å². The van der Waals surface area contributed by atoms with E-state index >= 15 is 0 Å². The Bertz CT molecular complexity index is 1660. The molecule has 0 aliphatic rings. The summed E-state index contributed by atoms with van der Waals surface area (Å²) in [5.41, 5.74) is 0.624. The Morgan fingerprint density at radius 3 is 0.954 bits per heavy atom. The summed E-state index contributed by atoms with van der Waals surface area (Å²) in [6.07, 6.45) is 4.71. The van der Waals surface area contributed by atoms with E-state index in [1.54, 1.807) is 36.4 Å². The molecule has 0 aliphatic carbocycles. The van der Waals surface area contributed by atoms with Crippen molar-refractivity contribution in [1.29, 1.82) is 0 Å². The van der Waals surface area contributed by atoms with E-state index in [0.29, 0.717) is 11.1 Å². The zero-order chi connectivity index (χ0) is 47.0. The molecule has 3 rings (SSSR count).